The molecule has 0 saturated carbocycles. The lowest BCUT2D eigenvalue weighted by atomic mass is 9.88. The van der Waals surface area contributed by atoms with Crippen molar-refractivity contribution in [2.45, 2.75) is 13.0 Å². The summed E-state index contributed by atoms with van der Waals surface area (Å²) in [4.78, 5) is 2.27. The summed E-state index contributed by atoms with van der Waals surface area (Å²) in [5.74, 6) is 0. The van der Waals surface area contributed by atoms with Crippen LogP contribution < -0.4 is 5.32 Å². The van der Waals surface area contributed by atoms with Crippen molar-refractivity contribution in [1.82, 2.24) is 10.2 Å². The Balaban J connectivity index is 1.87. The molecule has 0 aliphatic carbocycles. The number of ether oxygens (including phenoxy) is 1. The molecule has 1 aliphatic rings. The molecular formula is C15H24N2O. The van der Waals surface area contributed by atoms with Crippen LogP contribution in [-0.4, -0.2) is 45.3 Å². The highest BCUT2D eigenvalue weighted by molar-refractivity contribution is 5.19. The van der Waals surface area contributed by atoms with E-state index in [9.17, 15) is 0 Å². The lowest BCUT2D eigenvalue weighted by Gasteiger charge is -2.39. The maximum atomic E-state index is 5.28. The molecule has 3 nitrogen and oxygen atoms in total. The van der Waals surface area contributed by atoms with Gasteiger partial charge >= 0.3 is 0 Å². The Hall–Kier alpha value is -0.900. The zero-order valence-electron chi connectivity index (χ0n) is 11.6. The first-order valence-corrected chi connectivity index (χ1v) is 6.61. The molecule has 1 N–H and O–H groups in total. The zero-order chi connectivity index (χ0) is 13.0. The molecule has 1 saturated heterocycles. The third kappa shape index (κ3) is 3.31. The van der Waals surface area contributed by atoms with E-state index in [4.69, 9.17) is 4.74 Å². The Kier molecular flexibility index (Phi) is 4.38. The fourth-order valence-corrected chi connectivity index (χ4v) is 2.34. The second-order valence-corrected chi connectivity index (χ2v) is 5.82. The van der Waals surface area contributed by atoms with E-state index in [1.807, 2.05) is 0 Å². The molecule has 100 valence electrons. The zero-order valence-corrected chi connectivity index (χ0v) is 11.6. The molecule has 1 aliphatic heterocycles. The predicted molar refractivity (Wildman–Crippen MR) is 74.7 cm³/mol. The average Bonchev–Trinajstić information content (AvgIpc) is 2.33. The minimum atomic E-state index is 0.341. The summed E-state index contributed by atoms with van der Waals surface area (Å²) in [5.41, 5.74) is 1.71. The second-order valence-electron chi connectivity index (χ2n) is 5.82. The van der Waals surface area contributed by atoms with E-state index < -0.39 is 0 Å². The van der Waals surface area contributed by atoms with Gasteiger partial charge in [0, 0.05) is 24.5 Å². The van der Waals surface area contributed by atoms with Gasteiger partial charge in [-0.1, -0.05) is 37.3 Å². The van der Waals surface area contributed by atoms with Crippen LogP contribution in [0.2, 0.25) is 0 Å². The highest BCUT2D eigenvalue weighted by Gasteiger charge is 2.32. The van der Waals surface area contributed by atoms with Gasteiger partial charge in [0.2, 0.25) is 0 Å². The molecule has 3 heteroatoms. The first-order valence-electron chi connectivity index (χ1n) is 6.61. The van der Waals surface area contributed by atoms with Crippen LogP contribution in [0.15, 0.2) is 30.3 Å². The molecule has 2 rings (SSSR count). The number of rotatable bonds is 6. The molecule has 1 atom stereocenters. The van der Waals surface area contributed by atoms with Crippen LogP contribution in [0, 0.1) is 5.41 Å². The largest absolute Gasteiger partial charge is 0.380 e. The van der Waals surface area contributed by atoms with Crippen LogP contribution in [0.25, 0.3) is 0 Å². The van der Waals surface area contributed by atoms with Gasteiger partial charge in [-0.15, -0.1) is 0 Å². The summed E-state index contributed by atoms with van der Waals surface area (Å²) in [6.07, 6.45) is 0. The fourth-order valence-electron chi connectivity index (χ4n) is 2.34. The maximum Gasteiger partial charge on any atom is 0.0554 e. The van der Waals surface area contributed by atoms with Gasteiger partial charge in [0.25, 0.3) is 0 Å². The van der Waals surface area contributed by atoms with E-state index in [-0.39, 0.29) is 0 Å². The molecule has 1 aromatic carbocycles. The maximum absolute atomic E-state index is 5.28. The van der Waals surface area contributed by atoms with E-state index in [0.29, 0.717) is 11.5 Å². The van der Waals surface area contributed by atoms with Crippen molar-refractivity contribution in [2.75, 3.05) is 40.4 Å². The van der Waals surface area contributed by atoms with Crippen molar-refractivity contribution in [3.8, 4) is 0 Å². The van der Waals surface area contributed by atoms with Crippen LogP contribution in [0.1, 0.15) is 18.5 Å². The van der Waals surface area contributed by atoms with Gasteiger partial charge in [0.15, 0.2) is 0 Å². The summed E-state index contributed by atoms with van der Waals surface area (Å²) in [6, 6.07) is 11.1. The fraction of sp³-hybridized carbons (Fsp3) is 0.600. The van der Waals surface area contributed by atoms with Crippen LogP contribution in [-0.2, 0) is 4.74 Å². The number of likely N-dealkylation sites (N-methyl/N-ethyl adjacent to an activating group) is 1. The van der Waals surface area contributed by atoms with E-state index in [0.717, 1.165) is 26.3 Å². The van der Waals surface area contributed by atoms with E-state index in [1.165, 1.54) is 5.56 Å². The first-order chi connectivity index (χ1) is 8.61. The van der Waals surface area contributed by atoms with Crippen LogP contribution in [0.5, 0.6) is 0 Å². The van der Waals surface area contributed by atoms with Crippen molar-refractivity contribution in [3.05, 3.63) is 35.9 Å². The Morgan fingerprint density at radius 2 is 1.94 bits per heavy atom. The molecule has 18 heavy (non-hydrogen) atoms. The minimum absolute atomic E-state index is 0.341. The smallest absolute Gasteiger partial charge is 0.0554 e. The molecule has 0 spiro atoms. The number of nitrogens with one attached hydrogen (secondary N) is 1. The van der Waals surface area contributed by atoms with Crippen molar-refractivity contribution >= 4 is 0 Å². The second kappa shape index (κ2) is 5.83. The van der Waals surface area contributed by atoms with Crippen LogP contribution in [0.3, 0.4) is 0 Å². The van der Waals surface area contributed by atoms with E-state index in [2.05, 4.69) is 61.6 Å². The predicted octanol–water partition coefficient (Wildman–Crippen LogP) is 1.92. The average molecular weight is 248 g/mol. The Bertz CT molecular complexity index is 360. The third-order valence-corrected chi connectivity index (χ3v) is 3.60. The summed E-state index contributed by atoms with van der Waals surface area (Å²) in [5, 5.41) is 3.59. The van der Waals surface area contributed by atoms with Crippen molar-refractivity contribution < 1.29 is 4.74 Å². The molecule has 0 bridgehead atoms. The van der Waals surface area contributed by atoms with Gasteiger partial charge in [-0.25, -0.2) is 0 Å². The molecule has 1 heterocycles. The van der Waals surface area contributed by atoms with E-state index >= 15 is 0 Å². The molecule has 0 amide bonds. The highest BCUT2D eigenvalue weighted by atomic mass is 16.5. The minimum Gasteiger partial charge on any atom is -0.380 e. The lowest BCUT2D eigenvalue weighted by molar-refractivity contribution is -0.0993. The van der Waals surface area contributed by atoms with Crippen molar-refractivity contribution in [2.24, 2.45) is 5.41 Å². The number of hydrogen-bond donors (Lipinski definition) is 1. The van der Waals surface area contributed by atoms with Crippen LogP contribution >= 0.6 is 0 Å². The summed E-state index contributed by atoms with van der Waals surface area (Å²) >= 11 is 0. The quantitative estimate of drug-likeness (QED) is 0.832. The Morgan fingerprint density at radius 3 is 2.44 bits per heavy atom. The molecule has 1 aromatic rings. The van der Waals surface area contributed by atoms with Gasteiger partial charge in [0.1, 0.15) is 0 Å². The van der Waals surface area contributed by atoms with Gasteiger partial charge in [-0.3, -0.25) is 0 Å². The number of nitrogens with zero attached hydrogens (tertiary/aromatic N) is 1. The van der Waals surface area contributed by atoms with E-state index in [1.54, 1.807) is 0 Å². The molecule has 1 unspecified atom stereocenters. The molecular weight excluding hydrogens is 224 g/mol. The Labute approximate surface area is 110 Å². The Morgan fingerprint density at radius 1 is 1.28 bits per heavy atom. The number of hydrogen-bond acceptors (Lipinski definition) is 3. The summed E-state index contributed by atoms with van der Waals surface area (Å²) in [6.45, 7) is 6.06. The summed E-state index contributed by atoms with van der Waals surface area (Å²) in [7, 11) is 4.26. The van der Waals surface area contributed by atoms with Crippen molar-refractivity contribution in [3.63, 3.8) is 0 Å². The van der Waals surface area contributed by atoms with Crippen molar-refractivity contribution in [1.29, 1.82) is 0 Å². The van der Waals surface area contributed by atoms with Gasteiger partial charge in [0.05, 0.1) is 13.2 Å². The standard InChI is InChI=1S/C15H24N2O/c1-15(11-18-12-15)10-16-9-14(17(2)3)13-7-5-4-6-8-13/h4-8,14,16H,9-12H2,1-3H3. The monoisotopic (exact) mass is 248 g/mol. The van der Waals surface area contributed by atoms with Gasteiger partial charge < -0.3 is 15.0 Å². The molecule has 1 fully saturated rings. The highest BCUT2D eigenvalue weighted by Crippen LogP contribution is 2.25. The van der Waals surface area contributed by atoms with Gasteiger partial charge in [-0.2, -0.15) is 0 Å². The first kappa shape index (κ1) is 13.5. The number of benzene rings is 1. The SMILES string of the molecule is CN(C)C(CNCC1(C)COC1)c1ccccc1. The van der Waals surface area contributed by atoms with Gasteiger partial charge in [-0.05, 0) is 19.7 Å². The molecule has 0 radical (unpaired) electrons. The summed E-state index contributed by atoms with van der Waals surface area (Å²) < 4.78 is 5.28. The third-order valence-electron chi connectivity index (χ3n) is 3.60. The lowest BCUT2D eigenvalue weighted by Crippen LogP contribution is -2.48. The topological polar surface area (TPSA) is 24.5 Å². The van der Waals surface area contributed by atoms with Crippen LogP contribution in [0.4, 0.5) is 0 Å². The molecule has 0 aromatic heterocycles. The normalized spacial score (nSPS) is 19.6.